The van der Waals surface area contributed by atoms with Gasteiger partial charge in [-0.05, 0) is 30.3 Å². The van der Waals surface area contributed by atoms with Crippen molar-refractivity contribution >= 4 is 61.6 Å². The summed E-state index contributed by atoms with van der Waals surface area (Å²) in [4.78, 5) is 36.1. The molecular weight excluding hydrogens is 496 g/mol. The molecule has 0 radical (unpaired) electrons. The molecule has 1 heterocycles. The van der Waals surface area contributed by atoms with Crippen molar-refractivity contribution in [2.24, 2.45) is 0 Å². The lowest BCUT2D eigenvalue weighted by Crippen LogP contribution is -2.15. The van der Waals surface area contributed by atoms with Gasteiger partial charge in [-0.15, -0.1) is 10.2 Å². The number of hydrogen-bond donors (Lipinski definition) is 2. The molecule has 0 spiro atoms. The van der Waals surface area contributed by atoms with Gasteiger partial charge in [-0.25, -0.2) is 9.59 Å². The van der Waals surface area contributed by atoms with E-state index in [1.807, 2.05) is 0 Å². The number of ether oxygens (including phenoxy) is 2. The molecule has 0 aliphatic rings. The highest BCUT2D eigenvalue weighted by Gasteiger charge is 2.23. The first-order chi connectivity index (χ1) is 15.6. The molecule has 33 heavy (non-hydrogen) atoms. The van der Waals surface area contributed by atoms with E-state index in [9.17, 15) is 22.8 Å². The van der Waals surface area contributed by atoms with E-state index in [1.54, 1.807) is 12.1 Å². The van der Waals surface area contributed by atoms with Crippen LogP contribution in [0.4, 0.5) is 10.8 Å². The van der Waals surface area contributed by atoms with E-state index in [4.69, 9.17) is 11.6 Å². The normalized spacial score (nSPS) is 10.9. The van der Waals surface area contributed by atoms with Crippen LogP contribution in [0.25, 0.3) is 0 Å². The summed E-state index contributed by atoms with van der Waals surface area (Å²) in [6.07, 6.45) is 0. The standard InChI is InChI=1S/C19H15ClN4O7S2/c1-30-16(26)10-7-11(17(27)31-2)9-12(8-10)24-33(28,29)19-23-22-18(32-19)21-15(25)13-5-3-4-6-14(13)20/h3-9,24H,1-2H3,(H,21,22,25). The van der Waals surface area contributed by atoms with Gasteiger partial charge in [0.25, 0.3) is 20.3 Å². The Labute approximate surface area is 196 Å². The van der Waals surface area contributed by atoms with Crippen LogP contribution in [0.3, 0.4) is 0 Å². The molecule has 0 saturated carbocycles. The Morgan fingerprint density at radius 3 is 2.15 bits per heavy atom. The van der Waals surface area contributed by atoms with Gasteiger partial charge in [-0.2, -0.15) is 8.42 Å². The summed E-state index contributed by atoms with van der Waals surface area (Å²) in [6.45, 7) is 0. The molecule has 1 aromatic heterocycles. The summed E-state index contributed by atoms with van der Waals surface area (Å²) in [7, 11) is -2.01. The van der Waals surface area contributed by atoms with Crippen LogP contribution in [0.15, 0.2) is 46.8 Å². The lowest BCUT2D eigenvalue weighted by molar-refractivity contribution is 0.0599. The van der Waals surface area contributed by atoms with E-state index in [1.165, 1.54) is 30.3 Å². The molecule has 0 fully saturated rings. The highest BCUT2D eigenvalue weighted by atomic mass is 35.5. The largest absolute Gasteiger partial charge is 0.465 e. The van der Waals surface area contributed by atoms with Crippen molar-refractivity contribution in [3.63, 3.8) is 0 Å². The predicted octanol–water partition coefficient (Wildman–Crippen LogP) is 2.82. The predicted molar refractivity (Wildman–Crippen MR) is 119 cm³/mol. The van der Waals surface area contributed by atoms with Gasteiger partial charge < -0.3 is 9.47 Å². The number of sulfonamides is 1. The van der Waals surface area contributed by atoms with Gasteiger partial charge in [0.1, 0.15) is 0 Å². The summed E-state index contributed by atoms with van der Waals surface area (Å²) in [5, 5.41) is 9.80. The number of nitrogens with one attached hydrogen (secondary N) is 2. The van der Waals surface area contributed by atoms with Crippen molar-refractivity contribution in [2.45, 2.75) is 4.34 Å². The molecule has 3 aromatic rings. The first-order valence-electron chi connectivity index (χ1n) is 8.88. The zero-order valence-corrected chi connectivity index (χ0v) is 19.4. The van der Waals surface area contributed by atoms with E-state index in [0.717, 1.165) is 14.2 Å². The zero-order valence-electron chi connectivity index (χ0n) is 17.0. The van der Waals surface area contributed by atoms with Gasteiger partial charge in [0, 0.05) is 0 Å². The fourth-order valence-electron chi connectivity index (χ4n) is 2.54. The minimum absolute atomic E-state index is 0.0805. The molecule has 1 amide bonds. The van der Waals surface area contributed by atoms with Crippen LogP contribution in [-0.4, -0.2) is 50.7 Å². The number of hydrogen-bond acceptors (Lipinski definition) is 10. The molecule has 14 heteroatoms. The molecular formula is C19H15ClN4O7S2. The molecule has 0 aliphatic heterocycles. The molecule has 11 nitrogen and oxygen atoms in total. The van der Waals surface area contributed by atoms with Crippen molar-refractivity contribution < 1.29 is 32.3 Å². The molecule has 0 bridgehead atoms. The topological polar surface area (TPSA) is 154 Å². The summed E-state index contributed by atoms with van der Waals surface area (Å²) >= 11 is 6.57. The second-order valence-electron chi connectivity index (χ2n) is 6.19. The Morgan fingerprint density at radius 2 is 1.58 bits per heavy atom. The van der Waals surface area contributed by atoms with Gasteiger partial charge in [0.2, 0.25) is 5.13 Å². The van der Waals surface area contributed by atoms with Gasteiger partial charge in [0.15, 0.2) is 0 Å². The Kier molecular flexibility index (Phi) is 7.26. The Bertz CT molecular complexity index is 1310. The maximum absolute atomic E-state index is 12.8. The van der Waals surface area contributed by atoms with Gasteiger partial charge >= 0.3 is 11.9 Å². The smallest absolute Gasteiger partial charge is 0.337 e. The third-order valence-electron chi connectivity index (χ3n) is 4.00. The van der Waals surface area contributed by atoms with E-state index in [0.29, 0.717) is 11.3 Å². The number of carbonyl (C=O) groups excluding carboxylic acids is 3. The molecule has 3 rings (SSSR count). The summed E-state index contributed by atoms with van der Waals surface area (Å²) in [5.41, 5.74) is -0.104. The highest BCUT2D eigenvalue weighted by Crippen LogP contribution is 2.25. The van der Waals surface area contributed by atoms with Crippen molar-refractivity contribution in [3.05, 3.63) is 64.2 Å². The van der Waals surface area contributed by atoms with E-state index < -0.39 is 32.2 Å². The number of aromatic nitrogens is 2. The molecule has 0 atom stereocenters. The van der Waals surface area contributed by atoms with E-state index >= 15 is 0 Å². The second-order valence-corrected chi connectivity index (χ2v) is 9.44. The second kappa shape index (κ2) is 9.94. The van der Waals surface area contributed by atoms with Crippen LogP contribution in [0.2, 0.25) is 5.02 Å². The Hall–Kier alpha value is -3.55. The third-order valence-corrected chi connectivity index (χ3v) is 6.92. The SMILES string of the molecule is COC(=O)c1cc(NS(=O)(=O)c2nnc(NC(=O)c3ccccc3Cl)s2)cc(C(=O)OC)c1. The molecule has 2 N–H and O–H groups in total. The summed E-state index contributed by atoms with van der Waals surface area (Å²) in [6, 6.07) is 9.84. The fraction of sp³-hybridized carbons (Fsp3) is 0.105. The maximum atomic E-state index is 12.8. The number of amides is 1. The number of benzene rings is 2. The van der Waals surface area contributed by atoms with Crippen molar-refractivity contribution in [1.29, 1.82) is 0 Å². The number of rotatable bonds is 7. The lowest BCUT2D eigenvalue weighted by atomic mass is 10.1. The van der Waals surface area contributed by atoms with Crippen LogP contribution in [0.1, 0.15) is 31.1 Å². The monoisotopic (exact) mass is 510 g/mol. The first kappa shape index (κ1) is 24.1. The number of anilines is 2. The highest BCUT2D eigenvalue weighted by molar-refractivity contribution is 7.94. The fourth-order valence-corrected chi connectivity index (χ4v) is 4.69. The van der Waals surface area contributed by atoms with Gasteiger partial charge in [-0.3, -0.25) is 14.8 Å². The summed E-state index contributed by atoms with van der Waals surface area (Å²) in [5.74, 6) is -2.18. The number of nitrogens with zero attached hydrogens (tertiary/aromatic N) is 2. The summed E-state index contributed by atoms with van der Waals surface area (Å²) < 4.78 is 36.5. The Balaban J connectivity index is 1.85. The number of carbonyl (C=O) groups is 3. The minimum Gasteiger partial charge on any atom is -0.465 e. The van der Waals surface area contributed by atoms with Gasteiger partial charge in [0.05, 0.1) is 41.6 Å². The minimum atomic E-state index is -4.29. The molecule has 0 unspecified atom stereocenters. The lowest BCUT2D eigenvalue weighted by Gasteiger charge is -2.09. The molecule has 0 saturated heterocycles. The van der Waals surface area contributed by atoms with Crippen LogP contribution in [0.5, 0.6) is 0 Å². The average molecular weight is 511 g/mol. The number of halogens is 1. The maximum Gasteiger partial charge on any atom is 0.337 e. The quantitative estimate of drug-likeness (QED) is 0.360. The number of methoxy groups -OCH3 is 2. The third kappa shape index (κ3) is 5.63. The first-order valence-corrected chi connectivity index (χ1v) is 11.6. The van der Waals surface area contributed by atoms with Crippen molar-refractivity contribution in [3.8, 4) is 0 Å². The van der Waals surface area contributed by atoms with Crippen LogP contribution >= 0.6 is 22.9 Å². The van der Waals surface area contributed by atoms with Crippen molar-refractivity contribution in [2.75, 3.05) is 24.3 Å². The van der Waals surface area contributed by atoms with E-state index in [2.05, 4.69) is 29.7 Å². The van der Waals surface area contributed by atoms with Crippen LogP contribution in [0, 0.1) is 0 Å². The molecule has 2 aromatic carbocycles. The zero-order chi connectivity index (χ0) is 24.2. The molecule has 172 valence electrons. The Morgan fingerprint density at radius 1 is 0.970 bits per heavy atom. The number of esters is 2. The van der Waals surface area contributed by atoms with Gasteiger partial charge in [-0.1, -0.05) is 35.1 Å². The molecule has 0 aliphatic carbocycles. The van der Waals surface area contributed by atoms with E-state index in [-0.39, 0.29) is 32.5 Å². The van der Waals surface area contributed by atoms with Crippen molar-refractivity contribution in [1.82, 2.24) is 10.2 Å². The van der Waals surface area contributed by atoms with Crippen LogP contribution in [-0.2, 0) is 19.5 Å². The average Bonchev–Trinajstić information content (AvgIpc) is 3.27. The van der Waals surface area contributed by atoms with Crippen LogP contribution < -0.4 is 10.0 Å².